The highest BCUT2D eigenvalue weighted by atomic mass is 16.5. The first-order valence-corrected chi connectivity index (χ1v) is 6.06. The predicted molar refractivity (Wildman–Crippen MR) is 69.3 cm³/mol. The summed E-state index contributed by atoms with van der Waals surface area (Å²) in [5, 5.41) is 12.6. The number of nitrogen functional groups attached to an aromatic ring is 1. The van der Waals surface area contributed by atoms with E-state index in [1.54, 1.807) is 0 Å². The number of nitrogens with two attached hydrogens (primary N) is 1. The van der Waals surface area contributed by atoms with Gasteiger partial charge in [0.05, 0.1) is 23.6 Å². The van der Waals surface area contributed by atoms with Crippen molar-refractivity contribution in [3.8, 4) is 5.75 Å². The van der Waals surface area contributed by atoms with E-state index in [9.17, 15) is 5.11 Å². The summed E-state index contributed by atoms with van der Waals surface area (Å²) in [4.78, 5) is 0. The van der Waals surface area contributed by atoms with Crippen molar-refractivity contribution in [3.05, 3.63) is 18.2 Å². The molecule has 0 spiro atoms. The van der Waals surface area contributed by atoms with Crippen LogP contribution in [0.3, 0.4) is 0 Å². The summed E-state index contributed by atoms with van der Waals surface area (Å²) in [5.41, 5.74) is 7.57. The van der Waals surface area contributed by atoms with Crippen LogP contribution >= 0.6 is 0 Å². The first kappa shape index (κ1) is 12.0. The lowest BCUT2D eigenvalue weighted by molar-refractivity contribution is 0.0837. The molecular formula is C13H20N2O2. The number of benzene rings is 1. The molecule has 0 saturated heterocycles. The van der Waals surface area contributed by atoms with E-state index >= 15 is 0 Å². The minimum atomic E-state index is -0.163. The molecule has 94 valence electrons. The third kappa shape index (κ3) is 2.82. The molecule has 1 aliphatic carbocycles. The molecule has 0 bridgehead atoms. The van der Waals surface area contributed by atoms with Crippen molar-refractivity contribution in [2.24, 2.45) is 0 Å². The normalized spacial score (nSPS) is 23.3. The summed E-state index contributed by atoms with van der Waals surface area (Å²) in [6.07, 6.45) is 1.52. The van der Waals surface area contributed by atoms with E-state index in [-0.39, 0.29) is 12.2 Å². The average molecular weight is 236 g/mol. The van der Waals surface area contributed by atoms with Crippen molar-refractivity contribution in [2.45, 2.75) is 44.9 Å². The van der Waals surface area contributed by atoms with Gasteiger partial charge in [0.25, 0.3) is 0 Å². The Kier molecular flexibility index (Phi) is 3.43. The number of anilines is 2. The van der Waals surface area contributed by atoms with Crippen molar-refractivity contribution < 1.29 is 9.84 Å². The Morgan fingerprint density at radius 2 is 2.12 bits per heavy atom. The van der Waals surface area contributed by atoms with Crippen molar-refractivity contribution >= 4 is 11.4 Å². The number of hydrogen-bond donors (Lipinski definition) is 3. The van der Waals surface area contributed by atoms with Crippen molar-refractivity contribution in [1.29, 1.82) is 0 Å². The molecular weight excluding hydrogens is 216 g/mol. The van der Waals surface area contributed by atoms with Crippen LogP contribution in [0.5, 0.6) is 5.75 Å². The summed E-state index contributed by atoms with van der Waals surface area (Å²) in [6.45, 7) is 3.95. The molecule has 1 aliphatic rings. The third-order valence-corrected chi connectivity index (χ3v) is 2.90. The SMILES string of the molecule is CC(C)Oc1cccc(NC2CC(O)C2)c1N. The molecule has 4 heteroatoms. The zero-order valence-corrected chi connectivity index (χ0v) is 10.3. The summed E-state index contributed by atoms with van der Waals surface area (Å²) >= 11 is 0. The van der Waals surface area contributed by atoms with Crippen LogP contribution in [0.15, 0.2) is 18.2 Å². The van der Waals surface area contributed by atoms with E-state index in [1.165, 1.54) is 0 Å². The zero-order chi connectivity index (χ0) is 12.4. The van der Waals surface area contributed by atoms with Gasteiger partial charge in [0.1, 0.15) is 5.75 Å². The minimum Gasteiger partial charge on any atom is -0.489 e. The first-order chi connectivity index (χ1) is 8.06. The summed E-state index contributed by atoms with van der Waals surface area (Å²) in [7, 11) is 0. The molecule has 4 nitrogen and oxygen atoms in total. The van der Waals surface area contributed by atoms with Gasteiger partial charge in [-0.15, -0.1) is 0 Å². The molecule has 0 radical (unpaired) electrons. The van der Waals surface area contributed by atoms with Gasteiger partial charge in [-0.3, -0.25) is 0 Å². The van der Waals surface area contributed by atoms with E-state index in [2.05, 4.69) is 5.32 Å². The molecule has 0 aliphatic heterocycles. The summed E-state index contributed by atoms with van der Waals surface area (Å²) in [5.74, 6) is 0.713. The maximum absolute atomic E-state index is 9.24. The van der Waals surface area contributed by atoms with Gasteiger partial charge < -0.3 is 20.9 Å². The standard InChI is InChI=1S/C13H20N2O2/c1-8(2)17-12-5-3-4-11(13(12)14)15-9-6-10(16)7-9/h3-5,8-10,15-16H,6-7,14H2,1-2H3. The maximum atomic E-state index is 9.24. The average Bonchev–Trinajstić information content (AvgIpc) is 2.21. The van der Waals surface area contributed by atoms with Gasteiger partial charge in [-0.05, 0) is 38.8 Å². The minimum absolute atomic E-state index is 0.109. The Bertz CT molecular complexity index is 387. The number of nitrogens with one attached hydrogen (secondary N) is 1. The lowest BCUT2D eigenvalue weighted by Gasteiger charge is -2.33. The van der Waals surface area contributed by atoms with Crippen molar-refractivity contribution in [2.75, 3.05) is 11.1 Å². The molecule has 1 saturated carbocycles. The number of rotatable bonds is 4. The van der Waals surface area contributed by atoms with Crippen LogP contribution in [0.25, 0.3) is 0 Å². The Morgan fingerprint density at radius 3 is 2.71 bits per heavy atom. The third-order valence-electron chi connectivity index (χ3n) is 2.90. The molecule has 0 aromatic heterocycles. The number of hydrogen-bond acceptors (Lipinski definition) is 4. The van der Waals surface area contributed by atoms with Gasteiger partial charge in [-0.1, -0.05) is 6.07 Å². The van der Waals surface area contributed by atoms with E-state index in [0.29, 0.717) is 17.5 Å². The zero-order valence-electron chi connectivity index (χ0n) is 10.3. The molecule has 2 rings (SSSR count). The van der Waals surface area contributed by atoms with Crippen LogP contribution in [-0.4, -0.2) is 23.4 Å². The largest absolute Gasteiger partial charge is 0.489 e. The second-order valence-corrected chi connectivity index (χ2v) is 4.85. The highest BCUT2D eigenvalue weighted by molar-refractivity contribution is 5.73. The topological polar surface area (TPSA) is 67.5 Å². The van der Waals surface area contributed by atoms with E-state index in [1.807, 2.05) is 32.0 Å². The van der Waals surface area contributed by atoms with E-state index in [4.69, 9.17) is 10.5 Å². The molecule has 17 heavy (non-hydrogen) atoms. The molecule has 0 heterocycles. The van der Waals surface area contributed by atoms with Crippen LogP contribution in [0, 0.1) is 0 Å². The molecule has 1 fully saturated rings. The van der Waals surface area contributed by atoms with Crippen LogP contribution < -0.4 is 15.8 Å². The first-order valence-electron chi connectivity index (χ1n) is 6.06. The Labute approximate surface area is 102 Å². The monoisotopic (exact) mass is 236 g/mol. The maximum Gasteiger partial charge on any atom is 0.144 e. The number of ether oxygens (including phenoxy) is 1. The van der Waals surface area contributed by atoms with E-state index < -0.39 is 0 Å². The van der Waals surface area contributed by atoms with Crippen molar-refractivity contribution in [3.63, 3.8) is 0 Å². The fourth-order valence-corrected chi connectivity index (χ4v) is 1.95. The van der Waals surface area contributed by atoms with Gasteiger partial charge in [0.15, 0.2) is 0 Å². The van der Waals surface area contributed by atoms with Gasteiger partial charge in [0.2, 0.25) is 0 Å². The number of aliphatic hydroxyl groups is 1. The number of para-hydroxylation sites is 1. The van der Waals surface area contributed by atoms with Gasteiger partial charge >= 0.3 is 0 Å². The van der Waals surface area contributed by atoms with E-state index in [0.717, 1.165) is 18.5 Å². The van der Waals surface area contributed by atoms with Crippen LogP contribution in [0.2, 0.25) is 0 Å². The Balaban J connectivity index is 2.06. The quantitative estimate of drug-likeness (QED) is 0.699. The number of aliphatic hydroxyl groups excluding tert-OH is 1. The van der Waals surface area contributed by atoms with Crippen LogP contribution in [0.1, 0.15) is 26.7 Å². The van der Waals surface area contributed by atoms with Crippen molar-refractivity contribution in [1.82, 2.24) is 0 Å². The van der Waals surface area contributed by atoms with Crippen LogP contribution in [-0.2, 0) is 0 Å². The van der Waals surface area contributed by atoms with Gasteiger partial charge in [0, 0.05) is 6.04 Å². The fourth-order valence-electron chi connectivity index (χ4n) is 1.95. The lowest BCUT2D eigenvalue weighted by atomic mass is 9.89. The molecule has 0 unspecified atom stereocenters. The highest BCUT2D eigenvalue weighted by Crippen LogP contribution is 2.33. The second kappa shape index (κ2) is 4.84. The van der Waals surface area contributed by atoms with Crippen LogP contribution in [0.4, 0.5) is 11.4 Å². The second-order valence-electron chi connectivity index (χ2n) is 4.85. The molecule has 1 aromatic rings. The lowest BCUT2D eigenvalue weighted by Crippen LogP contribution is -2.39. The predicted octanol–water partition coefficient (Wildman–Crippen LogP) is 1.99. The fraction of sp³-hybridized carbons (Fsp3) is 0.538. The molecule has 0 atom stereocenters. The van der Waals surface area contributed by atoms with Gasteiger partial charge in [-0.25, -0.2) is 0 Å². The highest BCUT2D eigenvalue weighted by Gasteiger charge is 2.27. The summed E-state index contributed by atoms with van der Waals surface area (Å²) < 4.78 is 5.63. The smallest absolute Gasteiger partial charge is 0.144 e. The summed E-state index contributed by atoms with van der Waals surface area (Å²) in [6, 6.07) is 6.05. The molecule has 0 amide bonds. The van der Waals surface area contributed by atoms with Gasteiger partial charge in [-0.2, -0.15) is 0 Å². The molecule has 1 aromatic carbocycles. The Hall–Kier alpha value is -1.42. The Morgan fingerprint density at radius 1 is 1.41 bits per heavy atom. The molecule has 4 N–H and O–H groups in total.